The Bertz CT molecular complexity index is 641. The molecule has 128 valence electrons. The molecule has 1 fully saturated rings. The molecule has 0 bridgehead atoms. The third-order valence-corrected chi connectivity index (χ3v) is 4.86. The summed E-state index contributed by atoms with van der Waals surface area (Å²) >= 11 is 0. The number of nitrogens with one attached hydrogen (secondary N) is 1. The van der Waals surface area contributed by atoms with Crippen LogP contribution in [0.25, 0.3) is 0 Å². The van der Waals surface area contributed by atoms with Gasteiger partial charge in [0.15, 0.2) is 0 Å². The summed E-state index contributed by atoms with van der Waals surface area (Å²) < 4.78 is 5.93. The Morgan fingerprint density at radius 2 is 1.92 bits per heavy atom. The first-order chi connectivity index (χ1) is 11.6. The highest BCUT2D eigenvalue weighted by molar-refractivity contribution is 5.27. The van der Waals surface area contributed by atoms with Gasteiger partial charge in [-0.1, -0.05) is 44.2 Å². The highest BCUT2D eigenvalue weighted by Crippen LogP contribution is 2.28. The van der Waals surface area contributed by atoms with E-state index in [1.807, 2.05) is 18.3 Å². The molecule has 2 aromatic rings. The molecule has 0 saturated carbocycles. The van der Waals surface area contributed by atoms with Crippen molar-refractivity contribution in [1.82, 2.24) is 10.3 Å². The van der Waals surface area contributed by atoms with Crippen LogP contribution < -0.4 is 5.32 Å². The molecule has 3 heteroatoms. The first-order valence-corrected chi connectivity index (χ1v) is 9.02. The molecular formula is C21H28N2O. The molecule has 2 heterocycles. The standard InChI is InChI=1S/C21H28N2O/c1-15(2)17-7-6-8-18(13-17)16(3)23-19-10-12-24-21(14-19)20-9-4-5-11-22-20/h4-9,11,13,15-16,19,21,23H,10,12,14H2,1-3H3/t16?,19-,21-/m1/s1. The zero-order valence-corrected chi connectivity index (χ0v) is 14.9. The topological polar surface area (TPSA) is 34.1 Å². The van der Waals surface area contributed by atoms with Crippen molar-refractivity contribution >= 4 is 0 Å². The zero-order chi connectivity index (χ0) is 16.9. The van der Waals surface area contributed by atoms with Gasteiger partial charge in [0, 0.05) is 24.9 Å². The summed E-state index contributed by atoms with van der Waals surface area (Å²) in [6.45, 7) is 7.53. The summed E-state index contributed by atoms with van der Waals surface area (Å²) in [7, 11) is 0. The first kappa shape index (κ1) is 17.1. The van der Waals surface area contributed by atoms with Gasteiger partial charge >= 0.3 is 0 Å². The molecule has 1 unspecified atom stereocenters. The van der Waals surface area contributed by atoms with Gasteiger partial charge in [-0.25, -0.2) is 0 Å². The number of benzene rings is 1. The minimum atomic E-state index is 0.103. The number of nitrogens with zero attached hydrogens (tertiary/aromatic N) is 1. The van der Waals surface area contributed by atoms with E-state index in [9.17, 15) is 0 Å². The average Bonchev–Trinajstić information content (AvgIpc) is 2.63. The molecule has 24 heavy (non-hydrogen) atoms. The number of pyridine rings is 1. The molecule has 0 radical (unpaired) electrons. The molecule has 3 nitrogen and oxygen atoms in total. The lowest BCUT2D eigenvalue weighted by atomic mass is 9.96. The van der Waals surface area contributed by atoms with Crippen LogP contribution in [-0.2, 0) is 4.74 Å². The molecule has 0 aliphatic carbocycles. The van der Waals surface area contributed by atoms with Crippen LogP contribution in [0.15, 0.2) is 48.7 Å². The van der Waals surface area contributed by atoms with Crippen LogP contribution >= 0.6 is 0 Å². The second-order valence-corrected chi connectivity index (χ2v) is 7.05. The molecule has 1 aromatic heterocycles. The monoisotopic (exact) mass is 324 g/mol. The van der Waals surface area contributed by atoms with Crippen LogP contribution in [0.5, 0.6) is 0 Å². The Hall–Kier alpha value is -1.71. The summed E-state index contributed by atoms with van der Waals surface area (Å²) in [5, 5.41) is 3.79. The van der Waals surface area contributed by atoms with E-state index in [-0.39, 0.29) is 6.10 Å². The summed E-state index contributed by atoms with van der Waals surface area (Å²) in [6, 6.07) is 15.8. The van der Waals surface area contributed by atoms with Crippen molar-refractivity contribution in [1.29, 1.82) is 0 Å². The molecule has 3 rings (SSSR count). The van der Waals surface area contributed by atoms with E-state index in [4.69, 9.17) is 4.74 Å². The van der Waals surface area contributed by atoms with E-state index >= 15 is 0 Å². The lowest BCUT2D eigenvalue weighted by Crippen LogP contribution is -2.37. The van der Waals surface area contributed by atoms with Crippen molar-refractivity contribution in [3.63, 3.8) is 0 Å². The van der Waals surface area contributed by atoms with Crippen LogP contribution in [0.4, 0.5) is 0 Å². The minimum Gasteiger partial charge on any atom is -0.372 e. The van der Waals surface area contributed by atoms with Crippen LogP contribution in [0.1, 0.15) is 68.5 Å². The van der Waals surface area contributed by atoms with Gasteiger partial charge in [0.25, 0.3) is 0 Å². The first-order valence-electron chi connectivity index (χ1n) is 9.02. The van der Waals surface area contributed by atoms with Gasteiger partial charge < -0.3 is 10.1 Å². The van der Waals surface area contributed by atoms with E-state index < -0.39 is 0 Å². The lowest BCUT2D eigenvalue weighted by Gasteiger charge is -2.32. The highest BCUT2D eigenvalue weighted by atomic mass is 16.5. The Kier molecular flexibility index (Phi) is 5.64. The number of hydrogen-bond donors (Lipinski definition) is 1. The second kappa shape index (κ2) is 7.91. The molecule has 3 atom stereocenters. The number of hydrogen-bond acceptors (Lipinski definition) is 3. The van der Waals surface area contributed by atoms with Crippen LogP contribution in [0, 0.1) is 0 Å². The van der Waals surface area contributed by atoms with E-state index in [2.05, 4.69) is 61.4 Å². The second-order valence-electron chi connectivity index (χ2n) is 7.05. The largest absolute Gasteiger partial charge is 0.372 e. The Morgan fingerprint density at radius 1 is 1.08 bits per heavy atom. The van der Waals surface area contributed by atoms with E-state index in [0.29, 0.717) is 18.0 Å². The molecule has 1 aromatic carbocycles. The maximum atomic E-state index is 5.93. The average molecular weight is 324 g/mol. The van der Waals surface area contributed by atoms with E-state index in [1.54, 1.807) is 0 Å². The quantitative estimate of drug-likeness (QED) is 0.860. The predicted octanol–water partition coefficient (Wildman–Crippen LogP) is 4.78. The van der Waals surface area contributed by atoms with Crippen molar-refractivity contribution in [2.75, 3.05) is 6.61 Å². The number of aromatic nitrogens is 1. The fraction of sp³-hybridized carbons (Fsp3) is 0.476. The predicted molar refractivity (Wildman–Crippen MR) is 98.0 cm³/mol. The highest BCUT2D eigenvalue weighted by Gasteiger charge is 2.25. The van der Waals surface area contributed by atoms with Gasteiger partial charge in [-0.3, -0.25) is 4.98 Å². The molecule has 1 saturated heterocycles. The summed E-state index contributed by atoms with van der Waals surface area (Å²) in [6.07, 6.45) is 3.98. The van der Waals surface area contributed by atoms with Crippen LogP contribution in [0.3, 0.4) is 0 Å². The summed E-state index contributed by atoms with van der Waals surface area (Å²) in [5.74, 6) is 0.564. The fourth-order valence-electron chi connectivity index (χ4n) is 3.36. The van der Waals surface area contributed by atoms with Crippen molar-refractivity contribution in [2.45, 2.75) is 57.7 Å². The van der Waals surface area contributed by atoms with E-state index in [0.717, 1.165) is 25.1 Å². The van der Waals surface area contributed by atoms with Gasteiger partial charge in [-0.15, -0.1) is 0 Å². The zero-order valence-electron chi connectivity index (χ0n) is 14.9. The Labute approximate surface area is 145 Å². The smallest absolute Gasteiger partial charge is 0.101 e. The Balaban J connectivity index is 1.64. The summed E-state index contributed by atoms with van der Waals surface area (Å²) in [5.41, 5.74) is 3.81. The molecule has 1 aliphatic heterocycles. The van der Waals surface area contributed by atoms with Gasteiger partial charge in [0.1, 0.15) is 6.10 Å². The normalized spacial score (nSPS) is 22.5. The maximum absolute atomic E-state index is 5.93. The van der Waals surface area contributed by atoms with E-state index in [1.165, 1.54) is 11.1 Å². The van der Waals surface area contributed by atoms with Gasteiger partial charge in [0.05, 0.1) is 5.69 Å². The number of rotatable bonds is 5. The SMILES string of the molecule is CC(C)c1cccc(C(C)N[C@@H]2CCO[C@@H](c3ccccn3)C2)c1. The fourth-order valence-corrected chi connectivity index (χ4v) is 3.36. The third kappa shape index (κ3) is 4.22. The summed E-state index contributed by atoms with van der Waals surface area (Å²) in [4.78, 5) is 4.45. The van der Waals surface area contributed by atoms with Crippen molar-refractivity contribution < 1.29 is 4.74 Å². The molecule has 0 spiro atoms. The number of ether oxygens (including phenoxy) is 1. The third-order valence-electron chi connectivity index (χ3n) is 4.86. The van der Waals surface area contributed by atoms with Crippen molar-refractivity contribution in [2.24, 2.45) is 0 Å². The van der Waals surface area contributed by atoms with Gasteiger partial charge in [-0.2, -0.15) is 0 Å². The maximum Gasteiger partial charge on any atom is 0.101 e. The lowest BCUT2D eigenvalue weighted by molar-refractivity contribution is -0.00385. The van der Waals surface area contributed by atoms with Crippen LogP contribution in [0.2, 0.25) is 0 Å². The van der Waals surface area contributed by atoms with Crippen LogP contribution in [-0.4, -0.2) is 17.6 Å². The van der Waals surface area contributed by atoms with Crippen molar-refractivity contribution in [3.05, 3.63) is 65.5 Å². The molecule has 0 amide bonds. The van der Waals surface area contributed by atoms with Gasteiger partial charge in [-0.05, 0) is 48.9 Å². The van der Waals surface area contributed by atoms with Gasteiger partial charge in [0.2, 0.25) is 0 Å². The van der Waals surface area contributed by atoms with Crippen molar-refractivity contribution in [3.8, 4) is 0 Å². The molecular weight excluding hydrogens is 296 g/mol. The molecule has 1 N–H and O–H groups in total. The Morgan fingerprint density at radius 3 is 2.67 bits per heavy atom. The minimum absolute atomic E-state index is 0.103. The molecule has 1 aliphatic rings.